The molecule has 35 heavy (non-hydrogen) atoms. The molecular formula is C27H33N3O5. The van der Waals surface area contributed by atoms with Gasteiger partial charge in [-0.05, 0) is 42.5 Å². The monoisotopic (exact) mass is 479 g/mol. The van der Waals surface area contributed by atoms with E-state index in [2.05, 4.69) is 15.4 Å². The highest BCUT2D eigenvalue weighted by Gasteiger charge is 2.27. The molecule has 8 heteroatoms. The number of phenolic OH excluding ortho intramolecular Hbond substituents is 2. The average molecular weight is 480 g/mol. The second kappa shape index (κ2) is 10.5. The Morgan fingerprint density at radius 2 is 1.74 bits per heavy atom. The molecule has 3 N–H and O–H groups in total. The van der Waals surface area contributed by atoms with Gasteiger partial charge in [0.15, 0.2) is 11.5 Å². The summed E-state index contributed by atoms with van der Waals surface area (Å²) in [6.07, 6.45) is 0. The number of rotatable bonds is 7. The van der Waals surface area contributed by atoms with Crippen molar-refractivity contribution in [3.05, 3.63) is 53.2 Å². The molecule has 0 radical (unpaired) electrons. The van der Waals surface area contributed by atoms with E-state index in [0.29, 0.717) is 16.7 Å². The molecule has 0 unspecified atom stereocenters. The van der Waals surface area contributed by atoms with Crippen LogP contribution >= 0.6 is 0 Å². The first-order valence-electron chi connectivity index (χ1n) is 12.0. The number of morpholine rings is 1. The third kappa shape index (κ3) is 5.49. The van der Waals surface area contributed by atoms with Crippen molar-refractivity contribution in [1.82, 2.24) is 15.4 Å². The van der Waals surface area contributed by atoms with E-state index in [1.807, 2.05) is 52.0 Å². The summed E-state index contributed by atoms with van der Waals surface area (Å²) in [4.78, 5) is 15.3. The van der Waals surface area contributed by atoms with Gasteiger partial charge in [-0.15, -0.1) is 0 Å². The van der Waals surface area contributed by atoms with Gasteiger partial charge in [0.05, 0.1) is 24.3 Å². The summed E-state index contributed by atoms with van der Waals surface area (Å²) in [5.74, 6) is -0.204. The lowest BCUT2D eigenvalue weighted by molar-refractivity contribution is 0.0342. The van der Waals surface area contributed by atoms with Crippen molar-refractivity contribution in [2.45, 2.75) is 46.2 Å². The van der Waals surface area contributed by atoms with Crippen LogP contribution in [0.2, 0.25) is 0 Å². The van der Waals surface area contributed by atoms with E-state index in [9.17, 15) is 15.0 Å². The molecule has 2 heterocycles. The van der Waals surface area contributed by atoms with Crippen molar-refractivity contribution in [1.29, 1.82) is 0 Å². The summed E-state index contributed by atoms with van der Waals surface area (Å²) in [6, 6.07) is 10.9. The van der Waals surface area contributed by atoms with Gasteiger partial charge in [0, 0.05) is 31.7 Å². The molecule has 1 fully saturated rings. The zero-order chi connectivity index (χ0) is 25.1. The standard InChI is InChI=1S/C27H33N3O5/c1-16(2)20-13-21(23(32)14-22(20)31)26-24(25(29-35-26)27(33)28-17(3)4)19-7-5-18(6-8-19)15-30-9-11-34-12-10-30/h5-8,13-14,16-17,31-32H,9-12,15H2,1-4H3,(H,28,33). The lowest BCUT2D eigenvalue weighted by atomic mass is 9.94. The van der Waals surface area contributed by atoms with Crippen molar-refractivity contribution in [3.63, 3.8) is 0 Å². The molecule has 2 aromatic carbocycles. The quantitative estimate of drug-likeness (QED) is 0.457. The molecule has 1 aliphatic heterocycles. The van der Waals surface area contributed by atoms with Crippen LogP contribution in [0.5, 0.6) is 11.5 Å². The third-order valence-corrected chi connectivity index (χ3v) is 6.09. The van der Waals surface area contributed by atoms with Gasteiger partial charge in [0.1, 0.15) is 11.5 Å². The molecule has 1 saturated heterocycles. The van der Waals surface area contributed by atoms with Gasteiger partial charge < -0.3 is 24.8 Å². The van der Waals surface area contributed by atoms with E-state index in [-0.39, 0.29) is 40.8 Å². The molecule has 0 aliphatic carbocycles. The van der Waals surface area contributed by atoms with Crippen LogP contribution in [-0.4, -0.2) is 58.5 Å². The van der Waals surface area contributed by atoms with E-state index < -0.39 is 0 Å². The number of amides is 1. The Labute approximate surface area is 205 Å². The Kier molecular flexibility index (Phi) is 7.42. The van der Waals surface area contributed by atoms with Crippen molar-refractivity contribution in [3.8, 4) is 33.9 Å². The van der Waals surface area contributed by atoms with Crippen molar-refractivity contribution >= 4 is 5.91 Å². The Morgan fingerprint density at radius 1 is 1.06 bits per heavy atom. The number of aromatic hydroxyl groups is 2. The highest BCUT2D eigenvalue weighted by Crippen LogP contribution is 2.43. The predicted octanol–water partition coefficient (Wildman–Crippen LogP) is 4.51. The Bertz CT molecular complexity index is 1180. The topological polar surface area (TPSA) is 108 Å². The SMILES string of the molecule is CC(C)NC(=O)c1noc(-c2cc(C(C)C)c(O)cc2O)c1-c1ccc(CN2CCOCC2)cc1. The van der Waals surface area contributed by atoms with E-state index >= 15 is 0 Å². The Morgan fingerprint density at radius 3 is 2.37 bits per heavy atom. The van der Waals surface area contributed by atoms with Crippen LogP contribution in [0.3, 0.4) is 0 Å². The van der Waals surface area contributed by atoms with Crippen LogP contribution in [0.4, 0.5) is 0 Å². The van der Waals surface area contributed by atoms with Gasteiger partial charge in [-0.25, -0.2) is 0 Å². The van der Waals surface area contributed by atoms with Gasteiger partial charge in [-0.3, -0.25) is 9.69 Å². The first-order valence-corrected chi connectivity index (χ1v) is 12.0. The summed E-state index contributed by atoms with van der Waals surface area (Å²) in [6.45, 7) is 11.7. The molecule has 3 aromatic rings. The van der Waals surface area contributed by atoms with Crippen molar-refractivity contribution < 1.29 is 24.3 Å². The second-order valence-electron chi connectivity index (χ2n) is 9.53. The summed E-state index contributed by atoms with van der Waals surface area (Å²) in [5, 5.41) is 27.9. The van der Waals surface area contributed by atoms with Gasteiger partial charge in [-0.1, -0.05) is 43.3 Å². The molecule has 0 atom stereocenters. The highest BCUT2D eigenvalue weighted by atomic mass is 16.5. The zero-order valence-corrected chi connectivity index (χ0v) is 20.7. The third-order valence-electron chi connectivity index (χ3n) is 6.09. The maximum Gasteiger partial charge on any atom is 0.274 e. The molecule has 8 nitrogen and oxygen atoms in total. The van der Waals surface area contributed by atoms with Crippen LogP contribution in [0.25, 0.3) is 22.5 Å². The van der Waals surface area contributed by atoms with Gasteiger partial charge >= 0.3 is 0 Å². The summed E-state index contributed by atoms with van der Waals surface area (Å²) < 4.78 is 11.1. The fourth-order valence-electron chi connectivity index (χ4n) is 4.26. The number of nitrogens with zero attached hydrogens (tertiary/aromatic N) is 2. The normalized spacial score (nSPS) is 14.6. The number of carbonyl (C=O) groups excluding carboxylic acids is 1. The molecule has 1 amide bonds. The van der Waals surface area contributed by atoms with Crippen molar-refractivity contribution in [2.75, 3.05) is 26.3 Å². The minimum Gasteiger partial charge on any atom is -0.508 e. The molecule has 1 aliphatic rings. The van der Waals surface area contributed by atoms with E-state index in [4.69, 9.17) is 9.26 Å². The molecule has 4 rings (SSSR count). The lowest BCUT2D eigenvalue weighted by Crippen LogP contribution is -2.35. The molecule has 186 valence electrons. The van der Waals surface area contributed by atoms with E-state index in [1.54, 1.807) is 6.07 Å². The van der Waals surface area contributed by atoms with E-state index in [1.165, 1.54) is 6.07 Å². The van der Waals surface area contributed by atoms with Crippen LogP contribution < -0.4 is 5.32 Å². The number of hydrogen-bond donors (Lipinski definition) is 3. The first kappa shape index (κ1) is 24.8. The maximum atomic E-state index is 13.0. The van der Waals surface area contributed by atoms with Crippen molar-refractivity contribution in [2.24, 2.45) is 0 Å². The van der Waals surface area contributed by atoms with Crippen LogP contribution in [0.15, 0.2) is 40.9 Å². The summed E-state index contributed by atoms with van der Waals surface area (Å²) >= 11 is 0. The summed E-state index contributed by atoms with van der Waals surface area (Å²) in [5.41, 5.74) is 3.57. The van der Waals surface area contributed by atoms with Crippen LogP contribution in [0.1, 0.15) is 55.2 Å². The average Bonchev–Trinajstić information content (AvgIpc) is 3.25. The number of hydrogen-bond acceptors (Lipinski definition) is 7. The Balaban J connectivity index is 1.77. The van der Waals surface area contributed by atoms with Gasteiger partial charge in [-0.2, -0.15) is 0 Å². The zero-order valence-electron chi connectivity index (χ0n) is 20.7. The molecule has 0 saturated carbocycles. The number of benzene rings is 2. The Hall–Kier alpha value is -3.36. The predicted molar refractivity (Wildman–Crippen MR) is 133 cm³/mol. The number of phenols is 2. The number of carbonyl (C=O) groups is 1. The fraction of sp³-hybridized carbons (Fsp3) is 0.407. The first-order chi connectivity index (χ1) is 16.7. The largest absolute Gasteiger partial charge is 0.508 e. The minimum atomic E-state index is -0.357. The fourth-order valence-corrected chi connectivity index (χ4v) is 4.26. The summed E-state index contributed by atoms with van der Waals surface area (Å²) in [7, 11) is 0. The number of aromatic nitrogens is 1. The van der Waals surface area contributed by atoms with Crippen LogP contribution in [0, 0.1) is 0 Å². The smallest absolute Gasteiger partial charge is 0.274 e. The number of nitrogens with one attached hydrogen (secondary N) is 1. The van der Waals surface area contributed by atoms with E-state index in [0.717, 1.165) is 44.0 Å². The van der Waals surface area contributed by atoms with Gasteiger partial charge in [0.25, 0.3) is 5.91 Å². The molecule has 1 aromatic heterocycles. The highest BCUT2D eigenvalue weighted by molar-refractivity contribution is 6.02. The van der Waals surface area contributed by atoms with Gasteiger partial charge in [0.2, 0.25) is 0 Å². The molecule has 0 spiro atoms. The molecule has 0 bridgehead atoms. The minimum absolute atomic E-state index is 0.00700. The maximum absolute atomic E-state index is 13.0. The number of ether oxygens (including phenoxy) is 1. The second-order valence-corrected chi connectivity index (χ2v) is 9.53. The van der Waals surface area contributed by atoms with Crippen LogP contribution in [-0.2, 0) is 11.3 Å². The molecular weight excluding hydrogens is 446 g/mol. The lowest BCUT2D eigenvalue weighted by Gasteiger charge is -2.26.